The van der Waals surface area contributed by atoms with Gasteiger partial charge in [0.2, 0.25) is 0 Å². The number of nitrogens with one attached hydrogen (secondary N) is 1. The molecule has 0 spiro atoms. The molecule has 0 saturated heterocycles. The molecule has 1 heterocycles. The lowest BCUT2D eigenvalue weighted by Crippen LogP contribution is -2.20. The van der Waals surface area contributed by atoms with Crippen molar-refractivity contribution in [3.63, 3.8) is 0 Å². The van der Waals surface area contributed by atoms with Crippen LogP contribution in [0.15, 0.2) is 16.7 Å². The van der Waals surface area contributed by atoms with Crippen LogP contribution in [0.1, 0.15) is 10.5 Å². The van der Waals surface area contributed by atoms with Crippen LogP contribution >= 0.6 is 15.9 Å². The molecule has 0 aliphatic rings. The molecular weight excluding hydrogens is 222 g/mol. The summed E-state index contributed by atoms with van der Waals surface area (Å²) in [6.07, 6.45) is 1.53. The Bertz CT molecular complexity index is 314. The molecule has 0 aliphatic heterocycles. The monoisotopic (exact) mass is 229 g/mol. The number of nitrogens with two attached hydrogens (primary N) is 1. The van der Waals surface area contributed by atoms with Crippen molar-refractivity contribution < 1.29 is 4.79 Å². The van der Waals surface area contributed by atoms with E-state index in [0.29, 0.717) is 5.69 Å². The van der Waals surface area contributed by atoms with E-state index in [4.69, 9.17) is 5.73 Å². The fourth-order valence-electron chi connectivity index (χ4n) is 0.763. The van der Waals surface area contributed by atoms with Crippen molar-refractivity contribution in [2.75, 3.05) is 12.8 Å². The predicted octanol–water partition coefficient (Wildman–Crippen LogP) is 0.786. The number of anilines is 1. The lowest BCUT2D eigenvalue weighted by atomic mass is 10.3. The van der Waals surface area contributed by atoms with Crippen molar-refractivity contribution >= 4 is 27.5 Å². The molecule has 1 aromatic rings. The molecule has 0 fully saturated rings. The molecular formula is C7H8BrN3O. The highest BCUT2D eigenvalue weighted by Crippen LogP contribution is 2.15. The first kappa shape index (κ1) is 8.99. The minimum absolute atomic E-state index is 0.251. The zero-order chi connectivity index (χ0) is 9.14. The van der Waals surface area contributed by atoms with Gasteiger partial charge in [0.25, 0.3) is 5.91 Å². The number of aromatic nitrogens is 1. The minimum atomic E-state index is -0.278. The molecule has 0 unspecified atom stereocenters. The van der Waals surface area contributed by atoms with Crippen LogP contribution in [0.25, 0.3) is 0 Å². The number of pyridine rings is 1. The smallest absolute Gasteiger partial charge is 0.271 e. The third-order valence-corrected chi connectivity index (χ3v) is 1.76. The van der Waals surface area contributed by atoms with Crippen LogP contribution in [0, 0.1) is 0 Å². The molecule has 4 nitrogen and oxygen atoms in total. The molecule has 12 heavy (non-hydrogen) atoms. The highest BCUT2D eigenvalue weighted by atomic mass is 79.9. The van der Waals surface area contributed by atoms with Gasteiger partial charge in [-0.05, 0) is 22.0 Å². The molecule has 5 heteroatoms. The number of rotatable bonds is 1. The van der Waals surface area contributed by atoms with E-state index in [2.05, 4.69) is 26.2 Å². The molecule has 64 valence electrons. The van der Waals surface area contributed by atoms with Gasteiger partial charge in [0.15, 0.2) is 5.69 Å². The maximum absolute atomic E-state index is 11.1. The number of carbonyl (C=O) groups is 1. The molecule has 1 amide bonds. The second kappa shape index (κ2) is 3.53. The molecule has 1 aromatic heterocycles. The molecule has 0 bridgehead atoms. The Kier molecular flexibility index (Phi) is 2.65. The maximum atomic E-state index is 11.1. The average Bonchev–Trinajstić information content (AvgIpc) is 2.03. The minimum Gasteiger partial charge on any atom is -0.397 e. The van der Waals surface area contributed by atoms with Gasteiger partial charge < -0.3 is 11.1 Å². The quantitative estimate of drug-likeness (QED) is 0.749. The van der Waals surface area contributed by atoms with Gasteiger partial charge in [-0.3, -0.25) is 4.79 Å². The highest BCUT2D eigenvalue weighted by molar-refractivity contribution is 9.10. The van der Waals surface area contributed by atoms with Crippen molar-refractivity contribution in [1.29, 1.82) is 0 Å². The summed E-state index contributed by atoms with van der Waals surface area (Å²) in [7, 11) is 1.53. The normalized spacial score (nSPS) is 9.50. The van der Waals surface area contributed by atoms with Gasteiger partial charge in [-0.25, -0.2) is 4.98 Å². The highest BCUT2D eigenvalue weighted by Gasteiger charge is 2.08. The van der Waals surface area contributed by atoms with Gasteiger partial charge in [0, 0.05) is 17.7 Å². The molecule has 0 aromatic carbocycles. The number of carbonyl (C=O) groups excluding carboxylic acids is 1. The Hall–Kier alpha value is -1.10. The lowest BCUT2D eigenvalue weighted by Gasteiger charge is -2.02. The maximum Gasteiger partial charge on any atom is 0.271 e. The number of hydrogen-bond acceptors (Lipinski definition) is 3. The van der Waals surface area contributed by atoms with Crippen molar-refractivity contribution in [3.8, 4) is 0 Å². The third kappa shape index (κ3) is 1.73. The predicted molar refractivity (Wildman–Crippen MR) is 49.7 cm³/mol. The van der Waals surface area contributed by atoms with Gasteiger partial charge in [-0.1, -0.05) is 0 Å². The zero-order valence-corrected chi connectivity index (χ0v) is 8.05. The van der Waals surface area contributed by atoms with Crippen LogP contribution in [0.4, 0.5) is 5.69 Å². The Morgan fingerprint density at radius 2 is 2.42 bits per heavy atom. The van der Waals surface area contributed by atoms with E-state index in [0.717, 1.165) is 4.47 Å². The number of hydrogen-bond donors (Lipinski definition) is 2. The van der Waals surface area contributed by atoms with Gasteiger partial charge in [-0.2, -0.15) is 0 Å². The number of nitrogen functional groups attached to an aromatic ring is 1. The Balaban J connectivity index is 3.09. The summed E-state index contributed by atoms with van der Waals surface area (Å²) in [5, 5.41) is 2.44. The second-order valence-electron chi connectivity index (χ2n) is 2.17. The van der Waals surface area contributed by atoms with Gasteiger partial charge in [-0.15, -0.1) is 0 Å². The van der Waals surface area contributed by atoms with E-state index in [9.17, 15) is 4.79 Å². The molecule has 1 rings (SSSR count). The average molecular weight is 230 g/mol. The van der Waals surface area contributed by atoms with E-state index in [1.165, 1.54) is 13.2 Å². The summed E-state index contributed by atoms with van der Waals surface area (Å²) in [4.78, 5) is 14.9. The van der Waals surface area contributed by atoms with E-state index in [-0.39, 0.29) is 11.6 Å². The van der Waals surface area contributed by atoms with Crippen molar-refractivity contribution in [1.82, 2.24) is 10.3 Å². The van der Waals surface area contributed by atoms with E-state index in [1.807, 2.05) is 0 Å². The zero-order valence-electron chi connectivity index (χ0n) is 6.47. The van der Waals surface area contributed by atoms with Crippen LogP contribution in [-0.4, -0.2) is 17.9 Å². The number of amides is 1. The molecule has 3 N–H and O–H groups in total. The van der Waals surface area contributed by atoms with Crippen molar-refractivity contribution in [3.05, 3.63) is 22.4 Å². The molecule has 0 aliphatic carbocycles. The third-order valence-electron chi connectivity index (χ3n) is 1.33. The fourth-order valence-corrected chi connectivity index (χ4v) is 1.11. The van der Waals surface area contributed by atoms with Crippen LogP contribution in [0.3, 0.4) is 0 Å². The molecule has 0 radical (unpaired) electrons. The van der Waals surface area contributed by atoms with E-state index < -0.39 is 0 Å². The van der Waals surface area contributed by atoms with Crippen molar-refractivity contribution in [2.24, 2.45) is 0 Å². The summed E-state index contributed by atoms with van der Waals surface area (Å²) in [6.45, 7) is 0. The van der Waals surface area contributed by atoms with Gasteiger partial charge in [0.1, 0.15) is 0 Å². The Labute approximate surface area is 78.3 Å². The second-order valence-corrected chi connectivity index (χ2v) is 3.09. The fraction of sp³-hybridized carbons (Fsp3) is 0.143. The first-order valence-electron chi connectivity index (χ1n) is 3.28. The SMILES string of the molecule is CNC(=O)c1ncc(Br)cc1N. The summed E-state index contributed by atoms with van der Waals surface area (Å²) < 4.78 is 0.757. The largest absolute Gasteiger partial charge is 0.397 e. The summed E-state index contributed by atoms with van der Waals surface area (Å²) in [5.41, 5.74) is 6.16. The Morgan fingerprint density at radius 1 is 1.75 bits per heavy atom. The topological polar surface area (TPSA) is 68.0 Å². The molecule has 0 saturated carbocycles. The van der Waals surface area contributed by atoms with Crippen LogP contribution < -0.4 is 11.1 Å². The van der Waals surface area contributed by atoms with Crippen LogP contribution in [0.5, 0.6) is 0 Å². The first-order chi connectivity index (χ1) is 5.65. The lowest BCUT2D eigenvalue weighted by molar-refractivity contribution is 0.0959. The van der Waals surface area contributed by atoms with E-state index >= 15 is 0 Å². The number of nitrogens with zero attached hydrogens (tertiary/aromatic N) is 1. The standard InChI is InChI=1S/C7H8BrN3O/c1-10-7(12)6-5(9)2-4(8)3-11-6/h2-3H,9H2,1H3,(H,10,12). The van der Waals surface area contributed by atoms with Crippen molar-refractivity contribution in [2.45, 2.75) is 0 Å². The summed E-state index contributed by atoms with van der Waals surface area (Å²) in [6, 6.07) is 1.64. The first-order valence-corrected chi connectivity index (χ1v) is 4.07. The van der Waals surface area contributed by atoms with Gasteiger partial charge >= 0.3 is 0 Å². The van der Waals surface area contributed by atoms with E-state index in [1.54, 1.807) is 6.07 Å². The van der Waals surface area contributed by atoms with Crippen LogP contribution in [0.2, 0.25) is 0 Å². The summed E-state index contributed by atoms with van der Waals surface area (Å²) >= 11 is 3.19. The molecule has 0 atom stereocenters. The summed E-state index contributed by atoms with van der Waals surface area (Å²) in [5.74, 6) is -0.278. The number of halogens is 1. The Morgan fingerprint density at radius 3 is 2.92 bits per heavy atom. The van der Waals surface area contributed by atoms with Gasteiger partial charge in [0.05, 0.1) is 5.69 Å². The van der Waals surface area contributed by atoms with Crippen LogP contribution in [-0.2, 0) is 0 Å².